The van der Waals surface area contributed by atoms with Crippen LogP contribution in [-0.2, 0) is 0 Å². The van der Waals surface area contributed by atoms with E-state index >= 15 is 0 Å². The Kier molecular flexibility index (Phi) is 3.39. The van der Waals surface area contributed by atoms with Crippen LogP contribution < -0.4 is 4.74 Å². The molecule has 0 radical (unpaired) electrons. The summed E-state index contributed by atoms with van der Waals surface area (Å²) < 4.78 is 20.3. The largest absolute Gasteiger partial charge is 0.452 e. The van der Waals surface area contributed by atoms with Crippen LogP contribution in [0.3, 0.4) is 0 Å². The fourth-order valence-corrected chi connectivity index (χ4v) is 1.95. The molecule has 0 bridgehead atoms. The summed E-state index contributed by atoms with van der Waals surface area (Å²) in [5, 5.41) is 4.65. The molecule has 1 aromatic heterocycles. The summed E-state index contributed by atoms with van der Waals surface area (Å²) in [5.41, 5.74) is 0.624. The van der Waals surface area contributed by atoms with E-state index in [0.717, 1.165) is 0 Å². The first-order valence-corrected chi connectivity index (χ1v) is 6.33. The van der Waals surface area contributed by atoms with Crippen molar-refractivity contribution in [3.8, 4) is 17.2 Å². The molecule has 0 unspecified atom stereocenters. The SMILES string of the molecule is Fc1cccc(-n2cc(Oc3ccccc3Cl)cn2)c1. The van der Waals surface area contributed by atoms with Crippen LogP contribution in [0.5, 0.6) is 11.5 Å². The standard InChI is InChI=1S/C15H10ClFN2O/c16-14-6-1-2-7-15(14)20-13-9-18-19(10-13)12-5-3-4-11(17)8-12/h1-10H. The Hall–Kier alpha value is -2.33. The van der Waals surface area contributed by atoms with Crippen LogP contribution in [0.4, 0.5) is 4.39 Å². The summed E-state index contributed by atoms with van der Waals surface area (Å²) in [6, 6.07) is 13.3. The third-order valence-electron chi connectivity index (χ3n) is 2.70. The van der Waals surface area contributed by atoms with Crippen molar-refractivity contribution in [2.45, 2.75) is 0 Å². The van der Waals surface area contributed by atoms with Crippen LogP contribution in [0.25, 0.3) is 5.69 Å². The molecule has 0 amide bonds. The fourth-order valence-electron chi connectivity index (χ4n) is 1.77. The molecule has 100 valence electrons. The number of rotatable bonds is 3. The zero-order valence-electron chi connectivity index (χ0n) is 10.3. The monoisotopic (exact) mass is 288 g/mol. The van der Waals surface area contributed by atoms with E-state index < -0.39 is 0 Å². The molecule has 0 fully saturated rings. The minimum absolute atomic E-state index is 0.313. The minimum Gasteiger partial charge on any atom is -0.452 e. The van der Waals surface area contributed by atoms with Gasteiger partial charge in [0.25, 0.3) is 0 Å². The summed E-state index contributed by atoms with van der Waals surface area (Å²) >= 11 is 6.02. The molecule has 3 rings (SSSR count). The first-order valence-electron chi connectivity index (χ1n) is 5.95. The molecule has 0 saturated heterocycles. The molecule has 0 N–H and O–H groups in total. The average molecular weight is 289 g/mol. The van der Waals surface area contributed by atoms with E-state index in [1.54, 1.807) is 36.7 Å². The Morgan fingerprint density at radius 3 is 2.75 bits per heavy atom. The lowest BCUT2D eigenvalue weighted by molar-refractivity contribution is 0.482. The van der Waals surface area contributed by atoms with Crippen LogP contribution in [-0.4, -0.2) is 9.78 Å². The van der Waals surface area contributed by atoms with Crippen LogP contribution in [0.15, 0.2) is 60.9 Å². The van der Waals surface area contributed by atoms with E-state index in [-0.39, 0.29) is 5.82 Å². The molecular formula is C15H10ClFN2O. The summed E-state index contributed by atoms with van der Waals surface area (Å²) in [7, 11) is 0. The van der Waals surface area contributed by atoms with Gasteiger partial charge in [0.05, 0.1) is 23.1 Å². The van der Waals surface area contributed by atoms with Crippen LogP contribution >= 0.6 is 11.6 Å². The number of nitrogens with zero attached hydrogens (tertiary/aromatic N) is 2. The fraction of sp³-hybridized carbons (Fsp3) is 0. The highest BCUT2D eigenvalue weighted by atomic mass is 35.5. The van der Waals surface area contributed by atoms with Crippen LogP contribution in [0.2, 0.25) is 5.02 Å². The van der Waals surface area contributed by atoms with Gasteiger partial charge in [-0.15, -0.1) is 0 Å². The third-order valence-corrected chi connectivity index (χ3v) is 3.01. The van der Waals surface area contributed by atoms with E-state index in [2.05, 4.69) is 5.10 Å². The second-order valence-electron chi connectivity index (χ2n) is 4.13. The van der Waals surface area contributed by atoms with Crippen molar-refractivity contribution in [3.05, 3.63) is 71.8 Å². The van der Waals surface area contributed by atoms with Crippen molar-refractivity contribution in [2.75, 3.05) is 0 Å². The zero-order chi connectivity index (χ0) is 13.9. The molecule has 0 atom stereocenters. The molecule has 1 heterocycles. The molecule has 2 aromatic carbocycles. The van der Waals surface area contributed by atoms with E-state index in [0.29, 0.717) is 22.2 Å². The summed E-state index contributed by atoms with van der Waals surface area (Å²) in [5.74, 6) is 0.766. The maximum Gasteiger partial charge on any atom is 0.165 e. The number of hydrogen-bond donors (Lipinski definition) is 0. The number of aromatic nitrogens is 2. The smallest absolute Gasteiger partial charge is 0.165 e. The van der Waals surface area contributed by atoms with Gasteiger partial charge in [-0.25, -0.2) is 9.07 Å². The van der Waals surface area contributed by atoms with Crippen molar-refractivity contribution >= 4 is 11.6 Å². The Bertz CT molecular complexity index is 742. The molecular weight excluding hydrogens is 279 g/mol. The lowest BCUT2D eigenvalue weighted by Gasteiger charge is -2.04. The second-order valence-corrected chi connectivity index (χ2v) is 4.54. The summed E-state index contributed by atoms with van der Waals surface area (Å²) in [6.07, 6.45) is 3.21. The lowest BCUT2D eigenvalue weighted by Crippen LogP contribution is -1.94. The quantitative estimate of drug-likeness (QED) is 0.711. The molecule has 0 aliphatic carbocycles. The first-order chi connectivity index (χ1) is 9.72. The Balaban J connectivity index is 1.86. The predicted octanol–water partition coefficient (Wildman–Crippen LogP) is 4.46. The number of ether oxygens (including phenoxy) is 1. The van der Waals surface area contributed by atoms with Crippen molar-refractivity contribution in [1.29, 1.82) is 0 Å². The van der Waals surface area contributed by atoms with Gasteiger partial charge < -0.3 is 4.74 Å². The van der Waals surface area contributed by atoms with Gasteiger partial charge in [0.1, 0.15) is 11.6 Å². The molecule has 0 aliphatic heterocycles. The number of hydrogen-bond acceptors (Lipinski definition) is 2. The van der Waals surface area contributed by atoms with E-state index in [1.165, 1.54) is 16.8 Å². The van der Waals surface area contributed by atoms with Crippen molar-refractivity contribution < 1.29 is 9.13 Å². The highest BCUT2D eigenvalue weighted by Crippen LogP contribution is 2.28. The topological polar surface area (TPSA) is 27.1 Å². The van der Waals surface area contributed by atoms with Gasteiger partial charge in [0.2, 0.25) is 0 Å². The van der Waals surface area contributed by atoms with Gasteiger partial charge in [-0.3, -0.25) is 0 Å². The van der Waals surface area contributed by atoms with Gasteiger partial charge in [0, 0.05) is 0 Å². The normalized spacial score (nSPS) is 10.5. The maximum atomic E-state index is 13.2. The third kappa shape index (κ3) is 2.65. The molecule has 0 saturated carbocycles. The molecule has 20 heavy (non-hydrogen) atoms. The zero-order valence-corrected chi connectivity index (χ0v) is 11.1. The van der Waals surface area contributed by atoms with E-state index in [1.807, 2.05) is 12.1 Å². The minimum atomic E-state index is -0.313. The van der Waals surface area contributed by atoms with Crippen molar-refractivity contribution in [3.63, 3.8) is 0 Å². The lowest BCUT2D eigenvalue weighted by atomic mass is 10.3. The van der Waals surface area contributed by atoms with Gasteiger partial charge in [-0.2, -0.15) is 5.10 Å². The Morgan fingerprint density at radius 1 is 1.10 bits per heavy atom. The van der Waals surface area contributed by atoms with Gasteiger partial charge >= 0.3 is 0 Å². The van der Waals surface area contributed by atoms with Crippen LogP contribution in [0, 0.1) is 5.82 Å². The summed E-state index contributed by atoms with van der Waals surface area (Å²) in [6.45, 7) is 0. The van der Waals surface area contributed by atoms with Gasteiger partial charge in [-0.1, -0.05) is 29.8 Å². The van der Waals surface area contributed by atoms with E-state index in [9.17, 15) is 4.39 Å². The average Bonchev–Trinajstić information content (AvgIpc) is 2.90. The first kappa shape index (κ1) is 12.7. The molecule has 3 aromatic rings. The summed E-state index contributed by atoms with van der Waals surface area (Å²) in [4.78, 5) is 0. The highest BCUT2D eigenvalue weighted by molar-refractivity contribution is 6.32. The molecule has 3 nitrogen and oxygen atoms in total. The molecule has 5 heteroatoms. The van der Waals surface area contributed by atoms with E-state index in [4.69, 9.17) is 16.3 Å². The second kappa shape index (κ2) is 5.35. The number of para-hydroxylation sites is 1. The van der Waals surface area contributed by atoms with Crippen LogP contribution in [0.1, 0.15) is 0 Å². The predicted molar refractivity (Wildman–Crippen MR) is 75.0 cm³/mol. The van der Waals surface area contributed by atoms with Gasteiger partial charge in [0.15, 0.2) is 5.75 Å². The van der Waals surface area contributed by atoms with Gasteiger partial charge in [-0.05, 0) is 30.3 Å². The highest BCUT2D eigenvalue weighted by Gasteiger charge is 2.06. The molecule has 0 aliphatic rings. The van der Waals surface area contributed by atoms with Crippen molar-refractivity contribution in [2.24, 2.45) is 0 Å². The maximum absolute atomic E-state index is 13.2. The number of halogens is 2. The molecule has 0 spiro atoms. The van der Waals surface area contributed by atoms with Crippen molar-refractivity contribution in [1.82, 2.24) is 9.78 Å². The Labute approximate surface area is 120 Å². The number of benzene rings is 2. The Morgan fingerprint density at radius 2 is 1.95 bits per heavy atom.